The van der Waals surface area contributed by atoms with Gasteiger partial charge in [0.25, 0.3) is 11.8 Å². The lowest BCUT2D eigenvalue weighted by Crippen LogP contribution is -2.43. The van der Waals surface area contributed by atoms with E-state index in [0.717, 1.165) is 16.9 Å². The zero-order chi connectivity index (χ0) is 17.4. The summed E-state index contributed by atoms with van der Waals surface area (Å²) in [6.07, 6.45) is 2.00. The van der Waals surface area contributed by atoms with Crippen LogP contribution in [0.25, 0.3) is 0 Å². The number of thioether (sulfide) groups is 1. The molecule has 0 aliphatic carbocycles. The fraction of sp³-hybridized carbons (Fsp3) is 0.222. The summed E-state index contributed by atoms with van der Waals surface area (Å²) < 4.78 is 5.42. The quantitative estimate of drug-likeness (QED) is 0.791. The molecule has 6 heteroatoms. The van der Waals surface area contributed by atoms with Gasteiger partial charge in [-0.1, -0.05) is 30.3 Å². The molecular formula is C18H20N2O3S. The molecule has 0 radical (unpaired) electrons. The van der Waals surface area contributed by atoms with Crippen LogP contribution in [0, 0.1) is 6.92 Å². The molecule has 24 heavy (non-hydrogen) atoms. The lowest BCUT2D eigenvalue weighted by atomic mass is 10.1. The second-order valence-electron chi connectivity index (χ2n) is 5.19. The molecule has 0 fully saturated rings. The third-order valence-electron chi connectivity index (χ3n) is 3.27. The number of benzene rings is 2. The summed E-state index contributed by atoms with van der Waals surface area (Å²) in [7, 11) is 0. The first kappa shape index (κ1) is 17.9. The second-order valence-corrected chi connectivity index (χ2v) is 6.06. The number of carbonyl (C=O) groups is 2. The Labute approximate surface area is 145 Å². The summed E-state index contributed by atoms with van der Waals surface area (Å²) in [5, 5.41) is 0. The normalized spacial score (nSPS) is 10.1. The topological polar surface area (TPSA) is 67.4 Å². The highest BCUT2D eigenvalue weighted by Gasteiger charge is 2.09. The summed E-state index contributed by atoms with van der Waals surface area (Å²) in [4.78, 5) is 23.8. The Morgan fingerprint density at radius 1 is 1.08 bits per heavy atom. The van der Waals surface area contributed by atoms with Crippen LogP contribution in [0.3, 0.4) is 0 Å². The number of hydrogen-bond donors (Lipinski definition) is 2. The van der Waals surface area contributed by atoms with E-state index in [2.05, 4.69) is 10.9 Å². The highest BCUT2D eigenvalue weighted by atomic mass is 32.2. The first-order valence-corrected chi connectivity index (χ1v) is 8.85. The van der Waals surface area contributed by atoms with E-state index < -0.39 is 5.91 Å². The monoisotopic (exact) mass is 344 g/mol. The zero-order valence-electron chi connectivity index (χ0n) is 13.7. The van der Waals surface area contributed by atoms with Gasteiger partial charge in [0.05, 0.1) is 0 Å². The molecule has 0 heterocycles. The van der Waals surface area contributed by atoms with Gasteiger partial charge in [0.2, 0.25) is 0 Å². The van der Waals surface area contributed by atoms with Gasteiger partial charge in [-0.3, -0.25) is 20.4 Å². The predicted molar refractivity (Wildman–Crippen MR) is 95.9 cm³/mol. The van der Waals surface area contributed by atoms with Gasteiger partial charge in [-0.25, -0.2) is 0 Å². The predicted octanol–water partition coefficient (Wildman–Crippen LogP) is 2.70. The molecule has 0 bridgehead atoms. The molecule has 5 nitrogen and oxygen atoms in total. The van der Waals surface area contributed by atoms with Crippen molar-refractivity contribution in [3.05, 3.63) is 65.2 Å². The van der Waals surface area contributed by atoms with Crippen molar-refractivity contribution in [3.8, 4) is 5.75 Å². The molecule has 0 atom stereocenters. The maximum atomic E-state index is 12.1. The summed E-state index contributed by atoms with van der Waals surface area (Å²) >= 11 is 1.68. The molecule has 2 amide bonds. The van der Waals surface area contributed by atoms with Crippen LogP contribution in [0.4, 0.5) is 0 Å². The molecule has 0 unspecified atom stereocenters. The van der Waals surface area contributed by atoms with Crippen LogP contribution < -0.4 is 15.6 Å². The average molecular weight is 344 g/mol. The molecule has 0 spiro atoms. The largest absolute Gasteiger partial charge is 0.483 e. The Morgan fingerprint density at radius 3 is 2.62 bits per heavy atom. The van der Waals surface area contributed by atoms with E-state index in [1.165, 1.54) is 0 Å². The third-order valence-corrected chi connectivity index (χ3v) is 3.89. The minimum atomic E-state index is -0.424. The molecule has 2 aromatic carbocycles. The van der Waals surface area contributed by atoms with Crippen LogP contribution in [0.5, 0.6) is 5.75 Å². The van der Waals surface area contributed by atoms with Crippen molar-refractivity contribution in [2.24, 2.45) is 0 Å². The van der Waals surface area contributed by atoms with Crippen molar-refractivity contribution in [1.29, 1.82) is 0 Å². The minimum Gasteiger partial charge on any atom is -0.483 e. The van der Waals surface area contributed by atoms with E-state index in [9.17, 15) is 9.59 Å². The van der Waals surface area contributed by atoms with E-state index in [4.69, 9.17) is 4.74 Å². The number of hydrogen-bond acceptors (Lipinski definition) is 4. The van der Waals surface area contributed by atoms with Gasteiger partial charge in [-0.05, 0) is 42.5 Å². The Hall–Kier alpha value is -2.47. The van der Waals surface area contributed by atoms with Crippen LogP contribution >= 0.6 is 11.8 Å². The third kappa shape index (κ3) is 5.31. The van der Waals surface area contributed by atoms with Crippen molar-refractivity contribution >= 4 is 23.6 Å². The number of rotatable bonds is 6. The van der Waals surface area contributed by atoms with Crippen LogP contribution in [0.1, 0.15) is 21.5 Å². The zero-order valence-corrected chi connectivity index (χ0v) is 14.5. The van der Waals surface area contributed by atoms with Gasteiger partial charge in [0.15, 0.2) is 6.61 Å². The van der Waals surface area contributed by atoms with E-state index in [1.54, 1.807) is 23.9 Å². The van der Waals surface area contributed by atoms with E-state index >= 15 is 0 Å². The second kappa shape index (κ2) is 8.98. The SMILES string of the molecule is CSCc1cccc(C(=O)NNC(=O)COc2ccccc2C)c1. The van der Waals surface area contributed by atoms with Gasteiger partial charge < -0.3 is 4.74 Å². The fourth-order valence-corrected chi connectivity index (χ4v) is 2.58. The lowest BCUT2D eigenvalue weighted by Gasteiger charge is -2.10. The van der Waals surface area contributed by atoms with Crippen LogP contribution in [0.15, 0.2) is 48.5 Å². The van der Waals surface area contributed by atoms with E-state index in [1.807, 2.05) is 49.6 Å². The highest BCUT2D eigenvalue weighted by molar-refractivity contribution is 7.97. The van der Waals surface area contributed by atoms with Gasteiger partial charge in [-0.2, -0.15) is 11.8 Å². The van der Waals surface area contributed by atoms with Crippen molar-refractivity contribution in [3.63, 3.8) is 0 Å². The number of nitrogens with one attached hydrogen (secondary N) is 2. The summed E-state index contributed by atoms with van der Waals surface area (Å²) in [5.74, 6) is 0.690. The molecule has 126 valence electrons. The van der Waals surface area contributed by atoms with Crippen LogP contribution in [0.2, 0.25) is 0 Å². The standard InChI is InChI=1S/C18H20N2O3S/c1-13-6-3-4-9-16(13)23-11-17(21)19-20-18(22)15-8-5-7-14(10-15)12-24-2/h3-10H,11-12H2,1-2H3,(H,19,21)(H,20,22). The van der Waals surface area contributed by atoms with E-state index in [-0.39, 0.29) is 12.5 Å². The fourth-order valence-electron chi connectivity index (χ4n) is 2.07. The Morgan fingerprint density at radius 2 is 1.88 bits per heavy atom. The Bertz CT molecular complexity index is 719. The summed E-state index contributed by atoms with van der Waals surface area (Å²) in [6.45, 7) is 1.73. The molecule has 0 aromatic heterocycles. The molecule has 0 saturated carbocycles. The first-order valence-electron chi connectivity index (χ1n) is 7.45. The molecular weight excluding hydrogens is 324 g/mol. The smallest absolute Gasteiger partial charge is 0.276 e. The van der Waals surface area contributed by atoms with Crippen molar-refractivity contribution in [2.75, 3.05) is 12.9 Å². The summed E-state index contributed by atoms with van der Waals surface area (Å²) in [6, 6.07) is 14.7. The van der Waals surface area contributed by atoms with E-state index in [0.29, 0.717) is 11.3 Å². The molecule has 2 rings (SSSR count). The number of amides is 2. The number of ether oxygens (including phenoxy) is 1. The maximum absolute atomic E-state index is 12.1. The molecule has 2 N–H and O–H groups in total. The minimum absolute atomic E-state index is 0.169. The van der Waals surface area contributed by atoms with Crippen molar-refractivity contribution in [2.45, 2.75) is 12.7 Å². The lowest BCUT2D eigenvalue weighted by molar-refractivity contribution is -0.123. The van der Waals surface area contributed by atoms with Gasteiger partial charge >= 0.3 is 0 Å². The van der Waals surface area contributed by atoms with Gasteiger partial charge in [0, 0.05) is 11.3 Å². The summed E-state index contributed by atoms with van der Waals surface area (Å²) in [5.41, 5.74) is 7.25. The van der Waals surface area contributed by atoms with Crippen LogP contribution in [-0.4, -0.2) is 24.7 Å². The van der Waals surface area contributed by atoms with Gasteiger partial charge in [-0.15, -0.1) is 0 Å². The Kier molecular flexibility index (Phi) is 6.69. The number of para-hydroxylation sites is 1. The molecule has 0 saturated heterocycles. The molecule has 0 aliphatic rings. The highest BCUT2D eigenvalue weighted by Crippen LogP contribution is 2.15. The number of carbonyl (C=O) groups excluding carboxylic acids is 2. The van der Waals surface area contributed by atoms with Crippen molar-refractivity contribution in [1.82, 2.24) is 10.9 Å². The maximum Gasteiger partial charge on any atom is 0.276 e. The average Bonchev–Trinajstić information content (AvgIpc) is 2.59. The Balaban J connectivity index is 1.82. The van der Waals surface area contributed by atoms with Crippen LogP contribution in [-0.2, 0) is 10.5 Å². The number of aryl methyl sites for hydroxylation is 1. The molecule has 0 aliphatic heterocycles. The first-order chi connectivity index (χ1) is 11.6. The number of hydrazine groups is 1. The van der Waals surface area contributed by atoms with Crippen molar-refractivity contribution < 1.29 is 14.3 Å². The molecule has 2 aromatic rings. The van der Waals surface area contributed by atoms with Gasteiger partial charge in [0.1, 0.15) is 5.75 Å².